The van der Waals surface area contributed by atoms with Crippen molar-refractivity contribution in [2.24, 2.45) is 0 Å². The molecular weight excluding hydrogens is 508 g/mol. The predicted molar refractivity (Wildman–Crippen MR) is 161 cm³/mol. The topological polar surface area (TPSA) is 43.5 Å². The molecule has 0 saturated carbocycles. The van der Waals surface area contributed by atoms with Crippen LogP contribution in [0.25, 0.3) is 11.1 Å². The van der Waals surface area contributed by atoms with Gasteiger partial charge in [0.25, 0.3) is 0 Å². The Bertz CT molecular complexity index is 1490. The third-order valence-electron chi connectivity index (χ3n) is 8.37. The lowest BCUT2D eigenvalue weighted by Crippen LogP contribution is -2.29. The summed E-state index contributed by atoms with van der Waals surface area (Å²) in [7, 11) is 0. The Labute approximate surface area is 241 Å². The van der Waals surface area contributed by atoms with Crippen molar-refractivity contribution in [1.29, 1.82) is 0 Å². The fourth-order valence-corrected chi connectivity index (χ4v) is 6.30. The van der Waals surface area contributed by atoms with Gasteiger partial charge in [-0.1, -0.05) is 91.0 Å². The molecular formula is C37H34O4. The van der Waals surface area contributed by atoms with Gasteiger partial charge in [0.05, 0.1) is 18.6 Å². The number of epoxide rings is 2. The van der Waals surface area contributed by atoms with Gasteiger partial charge in [0.1, 0.15) is 25.1 Å². The second-order valence-electron chi connectivity index (χ2n) is 11.0. The normalized spacial score (nSPS) is 19.2. The molecule has 7 rings (SSSR count). The standard InChI is InChI=1S/C37H34O4/c1-3-9-25-19-28(16-15-27(25)21-40-36-24-41-36)37(33-13-7-5-11-31(33)32-12-6-8-14-34(32)37)29-17-18-35(26(20-29)10-4-2)39-23-30-22-38-30/h3-8,11-20,30,36H,1-2,9-10,21-24H2. The van der Waals surface area contributed by atoms with E-state index in [0.717, 1.165) is 36.3 Å². The van der Waals surface area contributed by atoms with Gasteiger partial charge in [-0.2, -0.15) is 0 Å². The van der Waals surface area contributed by atoms with Crippen LogP contribution in [-0.2, 0) is 39.1 Å². The highest BCUT2D eigenvalue weighted by Crippen LogP contribution is 2.56. The molecule has 1 aliphatic carbocycles. The highest BCUT2D eigenvalue weighted by atomic mass is 16.8. The Morgan fingerprint density at radius 1 is 0.732 bits per heavy atom. The quantitative estimate of drug-likeness (QED) is 0.124. The first kappa shape index (κ1) is 26.0. The predicted octanol–water partition coefficient (Wildman–Crippen LogP) is 7.16. The number of hydrogen-bond donors (Lipinski definition) is 0. The van der Waals surface area contributed by atoms with E-state index in [1.54, 1.807) is 0 Å². The molecule has 2 unspecified atom stereocenters. The maximum atomic E-state index is 6.22. The summed E-state index contributed by atoms with van der Waals surface area (Å²) in [6.07, 6.45) is 5.51. The molecule has 2 saturated heterocycles. The average molecular weight is 543 g/mol. The molecule has 4 nitrogen and oxygen atoms in total. The molecule has 4 aromatic carbocycles. The smallest absolute Gasteiger partial charge is 0.181 e. The lowest BCUT2D eigenvalue weighted by Gasteiger charge is -2.35. The molecule has 0 spiro atoms. The van der Waals surface area contributed by atoms with E-state index in [1.165, 1.54) is 38.9 Å². The fourth-order valence-electron chi connectivity index (χ4n) is 6.30. The molecule has 3 aliphatic rings. The van der Waals surface area contributed by atoms with Gasteiger partial charge in [-0.25, -0.2) is 0 Å². The van der Waals surface area contributed by atoms with Crippen LogP contribution in [0, 0.1) is 0 Å². The summed E-state index contributed by atoms with van der Waals surface area (Å²) in [5.74, 6) is 0.890. The van der Waals surface area contributed by atoms with E-state index in [0.29, 0.717) is 19.8 Å². The summed E-state index contributed by atoms with van der Waals surface area (Å²) < 4.78 is 22.8. The monoisotopic (exact) mass is 542 g/mol. The lowest BCUT2D eigenvalue weighted by atomic mass is 9.67. The summed E-state index contributed by atoms with van der Waals surface area (Å²) in [5.41, 5.74) is 10.5. The largest absolute Gasteiger partial charge is 0.490 e. The van der Waals surface area contributed by atoms with Crippen LogP contribution in [0.4, 0.5) is 0 Å². The zero-order valence-corrected chi connectivity index (χ0v) is 23.2. The Morgan fingerprint density at radius 3 is 1.98 bits per heavy atom. The summed E-state index contributed by atoms with van der Waals surface area (Å²) in [5, 5.41) is 0. The summed E-state index contributed by atoms with van der Waals surface area (Å²) in [4.78, 5) is 0. The molecule has 4 aromatic rings. The SMILES string of the molecule is C=CCc1cc(C2(c3ccc(OCC4CO4)c(CC=C)c3)c3ccccc3-c3ccccc32)ccc1COC1CO1. The second-order valence-corrected chi connectivity index (χ2v) is 11.0. The van der Waals surface area contributed by atoms with Gasteiger partial charge in [-0.05, 0) is 69.0 Å². The van der Waals surface area contributed by atoms with Crippen LogP contribution in [-0.4, -0.2) is 32.2 Å². The van der Waals surface area contributed by atoms with Crippen LogP contribution < -0.4 is 4.74 Å². The minimum atomic E-state index is -0.504. The first-order valence-electron chi connectivity index (χ1n) is 14.4. The van der Waals surface area contributed by atoms with Crippen LogP contribution in [0.5, 0.6) is 5.75 Å². The van der Waals surface area contributed by atoms with Gasteiger partial charge in [-0.15, -0.1) is 13.2 Å². The maximum absolute atomic E-state index is 6.22. The van der Waals surface area contributed by atoms with E-state index >= 15 is 0 Å². The van der Waals surface area contributed by atoms with E-state index in [9.17, 15) is 0 Å². The van der Waals surface area contributed by atoms with Gasteiger partial charge < -0.3 is 18.9 Å². The van der Waals surface area contributed by atoms with Gasteiger partial charge in [0.15, 0.2) is 6.29 Å². The van der Waals surface area contributed by atoms with Gasteiger partial charge in [-0.3, -0.25) is 0 Å². The molecule has 2 heterocycles. The molecule has 2 aliphatic heterocycles. The third kappa shape index (κ3) is 4.72. The molecule has 0 bridgehead atoms. The van der Waals surface area contributed by atoms with Crippen LogP contribution in [0.1, 0.15) is 38.9 Å². The summed E-state index contributed by atoms with van der Waals surface area (Å²) in [6, 6.07) is 31.2. The molecule has 0 N–H and O–H groups in total. The molecule has 0 radical (unpaired) electrons. The second kappa shape index (κ2) is 10.8. The molecule has 0 amide bonds. The molecule has 206 valence electrons. The summed E-state index contributed by atoms with van der Waals surface area (Å²) in [6.45, 7) is 10.6. The van der Waals surface area contributed by atoms with Crippen LogP contribution >= 0.6 is 0 Å². The van der Waals surface area contributed by atoms with E-state index in [4.69, 9.17) is 18.9 Å². The van der Waals surface area contributed by atoms with Crippen molar-refractivity contribution < 1.29 is 18.9 Å². The van der Waals surface area contributed by atoms with Crippen molar-refractivity contribution >= 4 is 0 Å². The number of hydrogen-bond acceptors (Lipinski definition) is 4. The Morgan fingerprint density at radius 2 is 1.34 bits per heavy atom. The highest BCUT2D eigenvalue weighted by Gasteiger charge is 2.46. The van der Waals surface area contributed by atoms with Crippen LogP contribution in [0.15, 0.2) is 110 Å². The molecule has 2 fully saturated rings. The number of ether oxygens (including phenoxy) is 4. The Hall–Kier alpha value is -3.96. The van der Waals surface area contributed by atoms with Crippen molar-refractivity contribution in [2.45, 2.75) is 37.3 Å². The van der Waals surface area contributed by atoms with Crippen molar-refractivity contribution in [2.75, 3.05) is 19.8 Å². The molecule has 4 heteroatoms. The lowest BCUT2D eigenvalue weighted by molar-refractivity contribution is 0.0383. The number of allylic oxidation sites excluding steroid dienone is 2. The fraction of sp³-hybridized carbons (Fsp3) is 0.243. The first-order chi connectivity index (χ1) is 20.2. The zero-order chi connectivity index (χ0) is 27.8. The molecule has 2 atom stereocenters. The highest BCUT2D eigenvalue weighted by molar-refractivity contribution is 5.86. The van der Waals surface area contributed by atoms with Crippen LogP contribution in [0.2, 0.25) is 0 Å². The van der Waals surface area contributed by atoms with Crippen molar-refractivity contribution in [1.82, 2.24) is 0 Å². The number of rotatable bonds is 12. The van der Waals surface area contributed by atoms with Crippen molar-refractivity contribution in [3.63, 3.8) is 0 Å². The summed E-state index contributed by atoms with van der Waals surface area (Å²) >= 11 is 0. The molecule has 41 heavy (non-hydrogen) atoms. The van der Waals surface area contributed by atoms with Gasteiger partial charge >= 0.3 is 0 Å². The Kier molecular flexibility index (Phi) is 6.83. The molecule has 0 aromatic heterocycles. The average Bonchev–Trinajstić information content (AvgIpc) is 3.94. The van der Waals surface area contributed by atoms with Crippen molar-refractivity contribution in [3.05, 3.63) is 149 Å². The number of benzene rings is 4. The van der Waals surface area contributed by atoms with E-state index in [-0.39, 0.29) is 12.4 Å². The van der Waals surface area contributed by atoms with Crippen LogP contribution in [0.3, 0.4) is 0 Å². The van der Waals surface area contributed by atoms with E-state index in [2.05, 4.69) is 98.1 Å². The Balaban J connectivity index is 1.44. The van der Waals surface area contributed by atoms with Gasteiger partial charge in [0.2, 0.25) is 0 Å². The third-order valence-corrected chi connectivity index (χ3v) is 8.37. The maximum Gasteiger partial charge on any atom is 0.181 e. The number of fused-ring (bicyclic) bond motifs is 3. The van der Waals surface area contributed by atoms with Gasteiger partial charge in [0, 0.05) is 0 Å². The zero-order valence-electron chi connectivity index (χ0n) is 23.2. The van der Waals surface area contributed by atoms with Crippen molar-refractivity contribution in [3.8, 4) is 16.9 Å². The first-order valence-corrected chi connectivity index (χ1v) is 14.4. The van der Waals surface area contributed by atoms with E-state index in [1.807, 2.05) is 12.2 Å². The van der Waals surface area contributed by atoms with E-state index < -0.39 is 5.41 Å². The minimum absolute atomic E-state index is 0.0818. The minimum Gasteiger partial charge on any atom is -0.490 e.